The van der Waals surface area contributed by atoms with Crippen LogP contribution in [-0.4, -0.2) is 122 Å². The number of sulfonamides is 1. The van der Waals surface area contributed by atoms with Gasteiger partial charge < -0.3 is 10.6 Å². The number of alkyl halides is 2. The molecule has 21 heteroatoms. The topological polar surface area (TPSA) is 278 Å². The minimum absolute atomic E-state index is 0.0101. The molecule has 6 aliphatic rings. The van der Waals surface area contributed by atoms with Crippen molar-refractivity contribution in [2.75, 3.05) is 38.2 Å². The fraction of sp³-hybridized carbons (Fsp3) is 0.222. The Labute approximate surface area is 751 Å². The van der Waals surface area contributed by atoms with Gasteiger partial charge in [-0.25, -0.2) is 17.2 Å². The molecule has 18 nitrogen and oxygen atoms in total. The average molecular weight is 1740 g/mol. The maximum absolute atomic E-state index is 13.2. The lowest BCUT2D eigenvalue weighted by Crippen LogP contribution is -2.32. The molecule has 0 aromatic heterocycles. The van der Waals surface area contributed by atoms with Gasteiger partial charge in [0.25, 0.3) is 5.92 Å². The first-order valence-electron chi connectivity index (χ1n) is 41.6. The van der Waals surface area contributed by atoms with Gasteiger partial charge in [0.1, 0.15) is 0 Å². The summed E-state index contributed by atoms with van der Waals surface area (Å²) in [7, 11) is 0.555. The number of unbranched alkanes of at least 4 members (excludes halogenated alkanes) is 3. The van der Waals surface area contributed by atoms with Crippen LogP contribution in [0.3, 0.4) is 0 Å². The predicted octanol–water partition coefficient (Wildman–Crippen LogP) is 18.2. The largest absolute Gasteiger partial charge is 0.378 e. The Morgan fingerprint density at radius 2 is 0.798 bits per heavy atom. The number of benzene rings is 8. The highest BCUT2D eigenvalue weighted by Crippen LogP contribution is 2.31. The van der Waals surface area contributed by atoms with Crippen LogP contribution < -0.4 is 15.4 Å². The lowest BCUT2D eigenvalue weighted by atomic mass is 9.86. The normalized spacial score (nSPS) is 14.0. The number of hydrogen-bond acceptors (Lipinski definition) is 17. The summed E-state index contributed by atoms with van der Waals surface area (Å²) in [5.41, 5.74) is 9.85. The molecule has 0 saturated heterocycles. The Hall–Kier alpha value is -15.2. The standard InChI is InChI=1S/C22H16F2O2.C20H16N2O4S.C19H20O2.C17H17NO2.C15H13NO2.C15H12O2/c1-22(23,24)17-12-10-15(11-13-17)6-2-3-7-16-14-20(25)18-8-4-5-9-19(18)21(16)26;1-27(25,26)22-15-8-4-6-14(12-15)7-5-11-21-18-13-19(23)16-9-2-3-10-17(16)20(18)24;1-2-3-4-5-6-7-8-11-15-14-18(20)16-12-9-10-13-17(16)19(15)21;1-18(2)11-7-3-4-8-13-12-16(19)14-9-5-6-10-15(14)17(13)20;1-3-6-10(2)16-13-9-14(17)11-7-4-5-8-12(11)15(13)18;1-3-10(2)8-11-9-14(16)12-6-4-5-7-13(12)15(11)17/h4-5,8-14H,3,7H2,1H3;2-4,6,8-10,12-13,21-22H,11H2,1H3;9-10,12-14H,2-4,7-8,11H2,1H3;5-6,9-10,12H,4,8,11H2,1-2H3;1,4-5,7-10,16H,6H2,2H3;1,4-7,9-10H,8H2,2H3. The first kappa shape index (κ1) is 97.6. The summed E-state index contributed by atoms with van der Waals surface area (Å²) in [6.07, 6.45) is 28.3. The summed E-state index contributed by atoms with van der Waals surface area (Å²) < 4.78 is 51.3. The van der Waals surface area contributed by atoms with Crippen molar-refractivity contribution in [2.45, 2.75) is 117 Å². The number of fused-ring (bicyclic) bond motifs is 6. The van der Waals surface area contributed by atoms with Gasteiger partial charge in [-0.3, -0.25) is 67.2 Å². The van der Waals surface area contributed by atoms with Crippen LogP contribution in [0, 0.1) is 78.0 Å². The van der Waals surface area contributed by atoms with Crippen LogP contribution in [0.1, 0.15) is 246 Å². The molecule has 650 valence electrons. The number of terminal acetylenes is 2. The Kier molecular flexibility index (Phi) is 35.7. The smallest absolute Gasteiger partial charge is 0.270 e. The third-order valence-electron chi connectivity index (χ3n) is 20.2. The predicted molar refractivity (Wildman–Crippen MR) is 496 cm³/mol. The molecule has 8 aromatic carbocycles. The second kappa shape index (κ2) is 47.2. The maximum Gasteiger partial charge on any atom is 0.270 e. The van der Waals surface area contributed by atoms with Crippen LogP contribution in [0.15, 0.2) is 264 Å². The average Bonchev–Trinajstić information content (AvgIpc) is 0.813. The van der Waals surface area contributed by atoms with Gasteiger partial charge >= 0.3 is 0 Å². The van der Waals surface area contributed by atoms with Crippen molar-refractivity contribution in [3.63, 3.8) is 0 Å². The SMILES string of the molecule is C#CC(C)CC1=CC(=O)c2ccccc2C1=O.C#CCC(C)NC1=CC(=O)c2ccccc2C1=O.CC(F)(F)c1ccc(C#CCCC2=CC(=O)c3ccccc3C2=O)cc1.CCCCC#CCCCC1=CC(=O)c2ccccc2C1=O.CN(C)CC#CCCC1=CC(=O)c2ccccc2C1=O.CS(=O)(=O)Nc1cccc(C#CCNC2=CC(=O)c3ccccc3C2=O)c1. The summed E-state index contributed by atoms with van der Waals surface area (Å²) in [4.78, 5) is 147. The molecular weight excluding hydrogens is 1650 g/mol. The van der Waals surface area contributed by atoms with Crippen molar-refractivity contribution in [2.24, 2.45) is 5.92 Å². The van der Waals surface area contributed by atoms with E-state index in [1.807, 2.05) is 32.8 Å². The molecule has 2 atom stereocenters. The van der Waals surface area contributed by atoms with E-state index in [1.165, 1.54) is 48.6 Å². The van der Waals surface area contributed by atoms with Crippen molar-refractivity contribution in [1.29, 1.82) is 0 Å². The Balaban J connectivity index is 0.000000176. The minimum atomic E-state index is -3.36. The lowest BCUT2D eigenvalue weighted by molar-refractivity contribution is 0.0174. The molecule has 0 heterocycles. The summed E-state index contributed by atoms with van der Waals surface area (Å²) in [5, 5.41) is 5.86. The summed E-state index contributed by atoms with van der Waals surface area (Å²) in [6.45, 7) is 7.60. The van der Waals surface area contributed by atoms with E-state index in [2.05, 4.69) is 81.5 Å². The van der Waals surface area contributed by atoms with Gasteiger partial charge in [-0.2, -0.15) is 0 Å². The van der Waals surface area contributed by atoms with Crippen LogP contribution in [0.2, 0.25) is 0 Å². The maximum atomic E-state index is 13.2. The molecule has 14 rings (SSSR count). The van der Waals surface area contributed by atoms with Crippen LogP contribution >= 0.6 is 0 Å². The molecule has 0 saturated carbocycles. The van der Waals surface area contributed by atoms with Gasteiger partial charge in [-0.1, -0.05) is 214 Å². The number of ketones is 12. The number of halogens is 2. The van der Waals surface area contributed by atoms with Crippen LogP contribution in [-0.2, 0) is 15.9 Å². The van der Waals surface area contributed by atoms with Crippen molar-refractivity contribution < 1.29 is 74.7 Å². The summed E-state index contributed by atoms with van der Waals surface area (Å²) >= 11 is 0. The zero-order valence-corrected chi connectivity index (χ0v) is 73.3. The fourth-order valence-corrected chi connectivity index (χ4v) is 14.2. The number of nitrogens with zero attached hydrogens (tertiary/aromatic N) is 1. The van der Waals surface area contributed by atoms with E-state index in [4.69, 9.17) is 12.8 Å². The van der Waals surface area contributed by atoms with Gasteiger partial charge in [0.15, 0.2) is 57.8 Å². The number of rotatable bonds is 20. The second-order valence-electron chi connectivity index (χ2n) is 30.7. The first-order valence-corrected chi connectivity index (χ1v) is 43.5. The van der Waals surface area contributed by atoms with E-state index >= 15 is 0 Å². The number of hydrogen-bond donors (Lipinski definition) is 3. The number of allylic oxidation sites excluding steroid dienone is 12. The van der Waals surface area contributed by atoms with E-state index in [-0.39, 0.29) is 99.2 Å². The van der Waals surface area contributed by atoms with Gasteiger partial charge in [0, 0.05) is 175 Å². The van der Waals surface area contributed by atoms with Gasteiger partial charge in [0.2, 0.25) is 21.6 Å². The van der Waals surface area contributed by atoms with Crippen LogP contribution in [0.4, 0.5) is 14.5 Å². The number of nitrogens with one attached hydrogen (secondary N) is 3. The Morgan fingerprint density at radius 3 is 1.22 bits per heavy atom. The monoisotopic (exact) mass is 1740 g/mol. The molecular formula is C108H94F2N4O14S. The van der Waals surface area contributed by atoms with Crippen LogP contribution in [0.5, 0.6) is 0 Å². The number of carbonyl (C=O) groups is 12. The molecule has 0 spiro atoms. The molecule has 0 bridgehead atoms. The zero-order valence-electron chi connectivity index (χ0n) is 72.5. The molecule has 3 N–H and O–H groups in total. The number of Topliss-reactive ketones (excluding diaryl/α,β-unsaturated/α-hetero) is 6. The minimum Gasteiger partial charge on any atom is -0.378 e. The Bertz CT molecular complexity index is 6460. The molecule has 0 radical (unpaired) electrons. The zero-order chi connectivity index (χ0) is 93.3. The molecule has 0 aliphatic heterocycles. The third kappa shape index (κ3) is 28.1. The number of anilines is 1. The summed E-state index contributed by atoms with van der Waals surface area (Å²) in [5.74, 6) is 24.6. The van der Waals surface area contributed by atoms with Crippen molar-refractivity contribution in [3.8, 4) is 72.1 Å². The molecule has 0 amide bonds. The summed E-state index contributed by atoms with van der Waals surface area (Å²) in [6, 6.07) is 53.5. The van der Waals surface area contributed by atoms with E-state index in [0.717, 1.165) is 45.3 Å². The highest BCUT2D eigenvalue weighted by Gasteiger charge is 2.31. The Morgan fingerprint density at radius 1 is 0.419 bits per heavy atom. The highest BCUT2D eigenvalue weighted by atomic mass is 32.2. The quantitative estimate of drug-likeness (QED) is 0.0472. The fourth-order valence-electron chi connectivity index (χ4n) is 13.6. The third-order valence-corrected chi connectivity index (χ3v) is 20.8. The second-order valence-corrected chi connectivity index (χ2v) is 32.5. The number of carbonyl (C=O) groups excluding carboxylic acids is 12. The highest BCUT2D eigenvalue weighted by molar-refractivity contribution is 7.92. The lowest BCUT2D eigenvalue weighted by Gasteiger charge is -2.19. The van der Waals surface area contributed by atoms with Gasteiger partial charge in [-0.05, 0) is 114 Å². The molecule has 2 unspecified atom stereocenters. The van der Waals surface area contributed by atoms with Gasteiger partial charge in [0.05, 0.1) is 30.7 Å². The van der Waals surface area contributed by atoms with Crippen molar-refractivity contribution in [3.05, 3.63) is 348 Å². The van der Waals surface area contributed by atoms with E-state index in [1.54, 1.807) is 182 Å². The van der Waals surface area contributed by atoms with E-state index in [0.29, 0.717) is 163 Å². The molecule has 6 aliphatic carbocycles. The van der Waals surface area contributed by atoms with Crippen LogP contribution in [0.25, 0.3) is 0 Å². The molecule has 8 aromatic rings. The molecule has 129 heavy (non-hydrogen) atoms. The van der Waals surface area contributed by atoms with Gasteiger partial charge in [-0.15, -0.1) is 42.4 Å². The van der Waals surface area contributed by atoms with E-state index in [9.17, 15) is 74.7 Å². The van der Waals surface area contributed by atoms with E-state index < -0.39 is 15.9 Å². The van der Waals surface area contributed by atoms with Crippen molar-refractivity contribution >= 4 is 85.1 Å². The molecule has 0 fully saturated rings. The first-order chi connectivity index (χ1) is 61.8. The van der Waals surface area contributed by atoms with Crippen molar-refractivity contribution in [1.82, 2.24) is 15.5 Å².